The van der Waals surface area contributed by atoms with E-state index >= 15 is 0 Å². The van der Waals surface area contributed by atoms with Gasteiger partial charge in [-0.05, 0) is 31.2 Å². The average molecular weight is 363 g/mol. The number of benzene rings is 1. The van der Waals surface area contributed by atoms with Crippen LogP contribution in [0.25, 0.3) is 11.0 Å². The number of aromatic amines is 1. The van der Waals surface area contributed by atoms with E-state index in [1.807, 2.05) is 13.0 Å². The minimum atomic E-state index is -0.193. The fourth-order valence-electron chi connectivity index (χ4n) is 2.28. The Bertz CT molecular complexity index is 980. The number of H-pyrrole nitrogens is 1. The van der Waals surface area contributed by atoms with Gasteiger partial charge in [0, 0.05) is 23.5 Å². The van der Waals surface area contributed by atoms with E-state index in [4.69, 9.17) is 11.6 Å². The molecule has 0 unspecified atom stereocenters. The molecule has 0 radical (unpaired) electrons. The van der Waals surface area contributed by atoms with Crippen molar-refractivity contribution in [2.75, 3.05) is 11.1 Å². The summed E-state index contributed by atoms with van der Waals surface area (Å²) < 4.78 is 1.44. The van der Waals surface area contributed by atoms with Gasteiger partial charge in [0.1, 0.15) is 5.52 Å². The first kappa shape index (κ1) is 16.6. The number of carbonyl (C=O) groups excluding carboxylic acids is 1. The van der Waals surface area contributed by atoms with Gasteiger partial charge in [-0.3, -0.25) is 14.2 Å². The van der Waals surface area contributed by atoms with Crippen LogP contribution in [0.4, 0.5) is 5.69 Å². The standard InChI is InChI=1S/C16H15ClN4O2S/c1-9-6-12-14(18-9)15(23)21(2)16(20-12)24-8-13(22)19-11-5-3-4-10(17)7-11/h3-7,18H,8H2,1-2H3,(H,19,22). The van der Waals surface area contributed by atoms with Gasteiger partial charge in [0.05, 0.1) is 11.3 Å². The lowest BCUT2D eigenvalue weighted by atomic mass is 10.3. The van der Waals surface area contributed by atoms with Crippen molar-refractivity contribution < 1.29 is 4.79 Å². The number of aryl methyl sites for hydroxylation is 1. The average Bonchev–Trinajstić information content (AvgIpc) is 2.90. The van der Waals surface area contributed by atoms with Gasteiger partial charge in [-0.2, -0.15) is 0 Å². The van der Waals surface area contributed by atoms with E-state index in [1.165, 1.54) is 16.3 Å². The van der Waals surface area contributed by atoms with Crippen LogP contribution in [0.2, 0.25) is 5.02 Å². The van der Waals surface area contributed by atoms with E-state index in [0.717, 1.165) is 5.69 Å². The summed E-state index contributed by atoms with van der Waals surface area (Å²) in [7, 11) is 1.64. The second-order valence-corrected chi connectivity index (χ2v) is 6.70. The first-order valence-electron chi connectivity index (χ1n) is 7.18. The maximum atomic E-state index is 12.3. The first-order valence-corrected chi connectivity index (χ1v) is 8.55. The summed E-state index contributed by atoms with van der Waals surface area (Å²) in [4.78, 5) is 31.8. The molecule has 0 atom stereocenters. The number of rotatable bonds is 4. The van der Waals surface area contributed by atoms with Crippen molar-refractivity contribution in [2.24, 2.45) is 7.05 Å². The van der Waals surface area contributed by atoms with E-state index in [0.29, 0.717) is 26.9 Å². The normalized spacial score (nSPS) is 11.0. The van der Waals surface area contributed by atoms with E-state index < -0.39 is 0 Å². The van der Waals surface area contributed by atoms with Gasteiger partial charge in [-0.15, -0.1) is 0 Å². The summed E-state index contributed by atoms with van der Waals surface area (Å²) in [5, 5.41) is 3.81. The van der Waals surface area contributed by atoms with Gasteiger partial charge in [0.2, 0.25) is 5.91 Å². The Balaban J connectivity index is 1.74. The highest BCUT2D eigenvalue weighted by atomic mass is 35.5. The quantitative estimate of drug-likeness (QED) is 0.552. The predicted molar refractivity (Wildman–Crippen MR) is 96.9 cm³/mol. The fraction of sp³-hybridized carbons (Fsp3) is 0.188. The van der Waals surface area contributed by atoms with Crippen LogP contribution in [0.15, 0.2) is 40.3 Å². The molecule has 2 aromatic heterocycles. The molecule has 0 saturated carbocycles. The molecule has 124 valence electrons. The van der Waals surface area contributed by atoms with Crippen LogP contribution in [-0.2, 0) is 11.8 Å². The number of aromatic nitrogens is 3. The summed E-state index contributed by atoms with van der Waals surface area (Å²) in [5.74, 6) is -0.0521. The SMILES string of the molecule is Cc1cc2nc(SCC(=O)Nc3cccc(Cl)c3)n(C)c(=O)c2[nH]1. The highest BCUT2D eigenvalue weighted by Gasteiger charge is 2.12. The Morgan fingerprint density at radius 2 is 2.21 bits per heavy atom. The molecule has 6 nitrogen and oxygen atoms in total. The number of carbonyl (C=O) groups is 1. The van der Waals surface area contributed by atoms with Crippen LogP contribution in [0.5, 0.6) is 0 Å². The van der Waals surface area contributed by atoms with E-state index in [-0.39, 0.29) is 17.2 Å². The number of hydrogen-bond donors (Lipinski definition) is 2. The summed E-state index contributed by atoms with van der Waals surface area (Å²) >= 11 is 7.10. The molecule has 1 amide bonds. The number of hydrogen-bond acceptors (Lipinski definition) is 4. The molecule has 3 aromatic rings. The highest BCUT2D eigenvalue weighted by molar-refractivity contribution is 7.99. The van der Waals surface area contributed by atoms with Crippen LogP contribution in [0, 0.1) is 6.92 Å². The smallest absolute Gasteiger partial charge is 0.278 e. The van der Waals surface area contributed by atoms with Gasteiger partial charge < -0.3 is 10.3 Å². The Kier molecular flexibility index (Phi) is 4.64. The zero-order valence-electron chi connectivity index (χ0n) is 13.1. The van der Waals surface area contributed by atoms with Crippen molar-refractivity contribution in [3.05, 3.63) is 51.4 Å². The van der Waals surface area contributed by atoms with Gasteiger partial charge in [-0.25, -0.2) is 4.98 Å². The van der Waals surface area contributed by atoms with Crippen LogP contribution in [0.1, 0.15) is 5.69 Å². The number of nitrogens with zero attached hydrogens (tertiary/aromatic N) is 2. The molecular weight excluding hydrogens is 348 g/mol. The van der Waals surface area contributed by atoms with Crippen molar-refractivity contribution in [3.8, 4) is 0 Å². The molecule has 1 aromatic carbocycles. The van der Waals surface area contributed by atoms with Gasteiger partial charge in [0.25, 0.3) is 5.56 Å². The number of nitrogens with one attached hydrogen (secondary N) is 2. The summed E-state index contributed by atoms with van der Waals surface area (Å²) in [5.41, 5.74) is 2.42. The van der Waals surface area contributed by atoms with Crippen molar-refractivity contribution >= 4 is 46.0 Å². The second kappa shape index (κ2) is 6.70. The van der Waals surface area contributed by atoms with E-state index in [2.05, 4.69) is 15.3 Å². The molecule has 0 spiro atoms. The first-order chi connectivity index (χ1) is 11.4. The zero-order chi connectivity index (χ0) is 17.3. The molecule has 2 heterocycles. The van der Waals surface area contributed by atoms with Crippen LogP contribution >= 0.6 is 23.4 Å². The van der Waals surface area contributed by atoms with Gasteiger partial charge in [-0.1, -0.05) is 29.4 Å². The number of anilines is 1. The highest BCUT2D eigenvalue weighted by Crippen LogP contribution is 2.19. The van der Waals surface area contributed by atoms with Crippen molar-refractivity contribution in [1.82, 2.24) is 14.5 Å². The number of halogens is 1. The minimum Gasteiger partial charge on any atom is -0.353 e. The molecule has 8 heteroatoms. The topological polar surface area (TPSA) is 79.8 Å². The maximum absolute atomic E-state index is 12.3. The Hall–Kier alpha value is -2.25. The number of fused-ring (bicyclic) bond motifs is 1. The Labute approximate surface area is 147 Å². The molecule has 24 heavy (non-hydrogen) atoms. The summed E-state index contributed by atoms with van der Waals surface area (Å²) in [6, 6.07) is 8.74. The zero-order valence-corrected chi connectivity index (χ0v) is 14.7. The molecular formula is C16H15ClN4O2S. The fourth-order valence-corrected chi connectivity index (χ4v) is 3.24. The molecule has 0 bridgehead atoms. The lowest BCUT2D eigenvalue weighted by Gasteiger charge is -2.08. The van der Waals surface area contributed by atoms with Crippen molar-refractivity contribution in [3.63, 3.8) is 0 Å². The molecule has 3 rings (SSSR count). The monoisotopic (exact) mass is 362 g/mol. The predicted octanol–water partition coefficient (Wildman–Crippen LogP) is 2.95. The number of amides is 1. The number of thioether (sulfide) groups is 1. The molecule has 2 N–H and O–H groups in total. The third-order valence-corrected chi connectivity index (χ3v) is 4.66. The third-order valence-electron chi connectivity index (χ3n) is 3.39. The summed E-state index contributed by atoms with van der Waals surface area (Å²) in [6.45, 7) is 1.87. The lowest BCUT2D eigenvalue weighted by Crippen LogP contribution is -2.21. The van der Waals surface area contributed by atoms with Gasteiger partial charge in [0.15, 0.2) is 5.16 Å². The van der Waals surface area contributed by atoms with E-state index in [1.54, 1.807) is 31.3 Å². The van der Waals surface area contributed by atoms with Crippen LogP contribution < -0.4 is 10.9 Å². The van der Waals surface area contributed by atoms with Crippen molar-refractivity contribution in [2.45, 2.75) is 12.1 Å². The largest absolute Gasteiger partial charge is 0.353 e. The Morgan fingerprint density at radius 1 is 1.42 bits per heavy atom. The molecule has 0 aliphatic rings. The molecule has 0 fully saturated rings. The minimum absolute atomic E-state index is 0.141. The summed E-state index contributed by atoms with van der Waals surface area (Å²) in [6.07, 6.45) is 0. The molecule has 0 aliphatic carbocycles. The van der Waals surface area contributed by atoms with Gasteiger partial charge >= 0.3 is 0 Å². The maximum Gasteiger partial charge on any atom is 0.278 e. The molecule has 0 aliphatic heterocycles. The lowest BCUT2D eigenvalue weighted by molar-refractivity contribution is -0.113. The molecule has 0 saturated heterocycles. The van der Waals surface area contributed by atoms with E-state index in [9.17, 15) is 9.59 Å². The second-order valence-electron chi connectivity index (χ2n) is 5.32. The van der Waals surface area contributed by atoms with Crippen LogP contribution in [-0.4, -0.2) is 26.2 Å². The van der Waals surface area contributed by atoms with Crippen LogP contribution in [0.3, 0.4) is 0 Å². The Morgan fingerprint density at radius 3 is 2.96 bits per heavy atom. The third kappa shape index (κ3) is 3.47. The van der Waals surface area contributed by atoms with Crippen molar-refractivity contribution in [1.29, 1.82) is 0 Å².